The third-order valence-electron chi connectivity index (χ3n) is 2.66. The first kappa shape index (κ1) is 13.5. The van der Waals surface area contributed by atoms with Crippen LogP contribution in [-0.2, 0) is 6.61 Å². The number of halogens is 2. The molecule has 2 aromatic rings. The van der Waals surface area contributed by atoms with E-state index in [9.17, 15) is 9.18 Å². The lowest BCUT2D eigenvalue weighted by Crippen LogP contribution is -2.06. The molecule has 3 nitrogen and oxygen atoms in total. The lowest BCUT2D eigenvalue weighted by molar-refractivity contribution is 0.107. The molecule has 1 heterocycles. The zero-order valence-corrected chi connectivity index (χ0v) is 10.9. The average Bonchev–Trinajstić information content (AvgIpc) is 2.38. The summed E-state index contributed by atoms with van der Waals surface area (Å²) in [7, 11) is 0. The number of carbonyl (C=O) groups excluding carboxylic acids is 1. The number of hydrogen-bond donors (Lipinski definition) is 0. The zero-order chi connectivity index (χ0) is 13.8. The lowest BCUT2D eigenvalue weighted by atomic mass is 10.1. The van der Waals surface area contributed by atoms with E-state index in [0.717, 1.165) is 0 Å². The second-order valence-corrected chi connectivity index (χ2v) is 4.26. The molecule has 1 aromatic heterocycles. The highest BCUT2D eigenvalue weighted by molar-refractivity contribution is 6.67. The van der Waals surface area contributed by atoms with Crippen LogP contribution in [0.2, 0.25) is 0 Å². The molecule has 0 atom stereocenters. The molecule has 0 aliphatic rings. The third kappa shape index (κ3) is 3.09. The summed E-state index contributed by atoms with van der Waals surface area (Å²) in [4.78, 5) is 15.3. The SMILES string of the molecule is Cc1ncccc1OCc1c(F)cccc1C(=O)Cl. The van der Waals surface area contributed by atoms with Gasteiger partial charge in [0.25, 0.3) is 5.24 Å². The Balaban J connectivity index is 2.25. The quantitative estimate of drug-likeness (QED) is 0.804. The van der Waals surface area contributed by atoms with Crippen LogP contribution in [0.25, 0.3) is 0 Å². The van der Waals surface area contributed by atoms with Crippen LogP contribution in [0.5, 0.6) is 5.75 Å². The summed E-state index contributed by atoms with van der Waals surface area (Å²) in [6.07, 6.45) is 1.64. The van der Waals surface area contributed by atoms with Crippen molar-refractivity contribution in [3.05, 3.63) is 59.2 Å². The molecule has 0 amide bonds. The molecule has 0 aliphatic carbocycles. The Morgan fingerprint density at radius 1 is 1.37 bits per heavy atom. The first-order chi connectivity index (χ1) is 9.09. The molecule has 0 N–H and O–H groups in total. The van der Waals surface area contributed by atoms with Crippen molar-refractivity contribution in [1.82, 2.24) is 4.98 Å². The smallest absolute Gasteiger partial charge is 0.252 e. The Hall–Kier alpha value is -1.94. The predicted molar refractivity (Wildman–Crippen MR) is 69.9 cm³/mol. The number of pyridine rings is 1. The van der Waals surface area contributed by atoms with Gasteiger partial charge < -0.3 is 4.74 Å². The molecule has 5 heteroatoms. The highest BCUT2D eigenvalue weighted by Gasteiger charge is 2.14. The molecular formula is C14H11ClFNO2. The molecule has 0 radical (unpaired) electrons. The Morgan fingerprint density at radius 2 is 2.16 bits per heavy atom. The fourth-order valence-electron chi connectivity index (χ4n) is 1.66. The Kier molecular flexibility index (Phi) is 4.12. The zero-order valence-electron chi connectivity index (χ0n) is 10.2. The maximum Gasteiger partial charge on any atom is 0.252 e. The Labute approximate surface area is 115 Å². The van der Waals surface area contributed by atoms with Gasteiger partial charge in [0.1, 0.15) is 18.2 Å². The minimum absolute atomic E-state index is 0.0764. The van der Waals surface area contributed by atoms with E-state index in [4.69, 9.17) is 16.3 Å². The van der Waals surface area contributed by atoms with Crippen LogP contribution < -0.4 is 4.74 Å². The maximum absolute atomic E-state index is 13.7. The first-order valence-electron chi connectivity index (χ1n) is 5.61. The number of rotatable bonds is 4. The van der Waals surface area contributed by atoms with Crippen molar-refractivity contribution in [1.29, 1.82) is 0 Å². The van der Waals surface area contributed by atoms with E-state index in [-0.39, 0.29) is 17.7 Å². The van der Waals surface area contributed by atoms with E-state index < -0.39 is 11.1 Å². The Bertz CT molecular complexity index is 616. The van der Waals surface area contributed by atoms with Crippen LogP contribution in [0.3, 0.4) is 0 Å². The van der Waals surface area contributed by atoms with Gasteiger partial charge in [-0.15, -0.1) is 0 Å². The van der Waals surface area contributed by atoms with E-state index in [1.165, 1.54) is 18.2 Å². The standard InChI is InChI=1S/C14H11ClFNO2/c1-9-13(6-3-7-17-9)19-8-11-10(14(15)18)4-2-5-12(11)16/h2-7H,8H2,1H3. The average molecular weight is 280 g/mol. The van der Waals surface area contributed by atoms with Gasteiger partial charge in [-0.2, -0.15) is 0 Å². The number of carbonyl (C=O) groups is 1. The van der Waals surface area contributed by atoms with Crippen LogP contribution in [0.4, 0.5) is 4.39 Å². The van der Waals surface area contributed by atoms with Gasteiger partial charge >= 0.3 is 0 Å². The fraction of sp³-hybridized carbons (Fsp3) is 0.143. The van der Waals surface area contributed by atoms with E-state index in [1.54, 1.807) is 25.3 Å². The Morgan fingerprint density at radius 3 is 2.84 bits per heavy atom. The van der Waals surface area contributed by atoms with E-state index in [2.05, 4.69) is 4.98 Å². The second kappa shape index (κ2) is 5.80. The van der Waals surface area contributed by atoms with Crippen molar-refractivity contribution < 1.29 is 13.9 Å². The van der Waals surface area contributed by atoms with E-state index in [1.807, 2.05) is 0 Å². The van der Waals surface area contributed by atoms with E-state index in [0.29, 0.717) is 11.4 Å². The van der Waals surface area contributed by atoms with Gasteiger partial charge in [-0.25, -0.2) is 4.39 Å². The summed E-state index contributed by atoms with van der Waals surface area (Å²) in [5.74, 6) is 0.0202. The van der Waals surface area contributed by atoms with Gasteiger partial charge in [0.2, 0.25) is 0 Å². The molecule has 0 fully saturated rings. The largest absolute Gasteiger partial charge is 0.487 e. The molecule has 0 aliphatic heterocycles. The minimum atomic E-state index is -0.707. The van der Waals surface area contributed by atoms with Gasteiger partial charge in [0.15, 0.2) is 0 Å². The second-order valence-electron chi connectivity index (χ2n) is 3.92. The normalized spacial score (nSPS) is 10.3. The molecule has 1 aromatic carbocycles. The predicted octanol–water partition coefficient (Wildman–Crippen LogP) is 3.49. The summed E-state index contributed by atoms with van der Waals surface area (Å²) in [6, 6.07) is 7.61. The number of ether oxygens (including phenoxy) is 1. The molecule has 0 spiro atoms. The number of aryl methyl sites for hydroxylation is 1. The molecular weight excluding hydrogens is 269 g/mol. The molecule has 19 heavy (non-hydrogen) atoms. The van der Waals surface area contributed by atoms with Crippen molar-refractivity contribution in [3.63, 3.8) is 0 Å². The van der Waals surface area contributed by atoms with Crippen LogP contribution in [0.15, 0.2) is 36.5 Å². The number of aromatic nitrogens is 1. The van der Waals surface area contributed by atoms with Crippen molar-refractivity contribution >= 4 is 16.8 Å². The van der Waals surface area contributed by atoms with E-state index >= 15 is 0 Å². The highest BCUT2D eigenvalue weighted by atomic mass is 35.5. The number of nitrogens with zero attached hydrogens (tertiary/aromatic N) is 1. The summed E-state index contributed by atoms with van der Waals surface area (Å²) in [5.41, 5.74) is 0.951. The molecule has 0 unspecified atom stereocenters. The molecule has 0 saturated carbocycles. The molecule has 2 rings (SSSR count). The highest BCUT2D eigenvalue weighted by Crippen LogP contribution is 2.20. The molecule has 0 bridgehead atoms. The number of benzene rings is 1. The minimum Gasteiger partial charge on any atom is -0.487 e. The van der Waals surface area contributed by atoms with Crippen molar-refractivity contribution in [2.24, 2.45) is 0 Å². The van der Waals surface area contributed by atoms with Gasteiger partial charge in [-0.05, 0) is 42.8 Å². The first-order valence-corrected chi connectivity index (χ1v) is 5.99. The molecule has 98 valence electrons. The van der Waals surface area contributed by atoms with Crippen LogP contribution >= 0.6 is 11.6 Å². The summed E-state index contributed by atoms with van der Waals surface area (Å²) in [6.45, 7) is 1.71. The van der Waals surface area contributed by atoms with Gasteiger partial charge in [0, 0.05) is 17.3 Å². The van der Waals surface area contributed by atoms with Crippen molar-refractivity contribution in [2.45, 2.75) is 13.5 Å². The topological polar surface area (TPSA) is 39.2 Å². The van der Waals surface area contributed by atoms with Gasteiger partial charge in [-0.1, -0.05) is 6.07 Å². The summed E-state index contributed by atoms with van der Waals surface area (Å²) < 4.78 is 19.2. The third-order valence-corrected chi connectivity index (χ3v) is 2.86. The molecule has 0 saturated heterocycles. The monoisotopic (exact) mass is 279 g/mol. The maximum atomic E-state index is 13.7. The van der Waals surface area contributed by atoms with Crippen molar-refractivity contribution in [2.75, 3.05) is 0 Å². The van der Waals surface area contributed by atoms with Gasteiger partial charge in [0.05, 0.1) is 5.69 Å². The van der Waals surface area contributed by atoms with Gasteiger partial charge in [-0.3, -0.25) is 9.78 Å². The van der Waals surface area contributed by atoms with Crippen LogP contribution in [0, 0.1) is 12.7 Å². The lowest BCUT2D eigenvalue weighted by Gasteiger charge is -2.11. The van der Waals surface area contributed by atoms with Crippen LogP contribution in [-0.4, -0.2) is 10.2 Å². The summed E-state index contributed by atoms with van der Waals surface area (Å²) in [5, 5.41) is -0.707. The number of hydrogen-bond acceptors (Lipinski definition) is 3. The van der Waals surface area contributed by atoms with Crippen molar-refractivity contribution in [3.8, 4) is 5.75 Å². The van der Waals surface area contributed by atoms with Crippen LogP contribution in [0.1, 0.15) is 21.6 Å². The summed E-state index contributed by atoms with van der Waals surface area (Å²) >= 11 is 5.42. The fourth-order valence-corrected chi connectivity index (χ4v) is 1.84.